The number of aromatic nitrogens is 5. The predicted molar refractivity (Wildman–Crippen MR) is 151 cm³/mol. The Balaban J connectivity index is 1.35. The summed E-state index contributed by atoms with van der Waals surface area (Å²) in [5.74, 6) is -0.902. The van der Waals surface area contributed by atoms with Crippen molar-refractivity contribution in [3.05, 3.63) is 102 Å². The van der Waals surface area contributed by atoms with Crippen molar-refractivity contribution in [2.24, 2.45) is 5.10 Å². The highest BCUT2D eigenvalue weighted by Gasteiger charge is 2.25. The van der Waals surface area contributed by atoms with Gasteiger partial charge in [0, 0.05) is 35.5 Å². The topological polar surface area (TPSA) is 140 Å². The van der Waals surface area contributed by atoms with Crippen molar-refractivity contribution < 1.29 is 13.8 Å². The Labute approximate surface area is 234 Å². The Morgan fingerprint density at radius 1 is 0.902 bits per heavy atom. The molecule has 2 aromatic heterocycles. The van der Waals surface area contributed by atoms with Crippen LogP contribution in [0.1, 0.15) is 40.9 Å². The quantitative estimate of drug-likeness (QED) is 0.226. The lowest BCUT2D eigenvalue weighted by Crippen LogP contribution is -2.29. The van der Waals surface area contributed by atoms with Gasteiger partial charge in [-0.2, -0.15) is 9.78 Å². The van der Waals surface area contributed by atoms with Crippen LogP contribution in [0.25, 0.3) is 17.1 Å². The minimum absolute atomic E-state index is 0.0105. The molecule has 1 aliphatic rings. The SMILES string of the molecule is Nc1nonc1-n1nnc(C(=O)N/N=C(\c2ccc(F)cc2)c2ccc(N3CCCCC3)cc2)c1-c1ccccc1. The van der Waals surface area contributed by atoms with Crippen molar-refractivity contribution in [2.45, 2.75) is 19.3 Å². The van der Waals surface area contributed by atoms with Crippen molar-refractivity contribution in [3.63, 3.8) is 0 Å². The highest BCUT2D eigenvalue weighted by Crippen LogP contribution is 2.26. The predicted octanol–water partition coefficient (Wildman–Crippen LogP) is 4.21. The monoisotopic (exact) mass is 551 g/mol. The molecule has 12 heteroatoms. The summed E-state index contributed by atoms with van der Waals surface area (Å²) < 4.78 is 19.8. The van der Waals surface area contributed by atoms with Crippen molar-refractivity contribution in [1.82, 2.24) is 30.7 Å². The van der Waals surface area contributed by atoms with Crippen LogP contribution in [0.3, 0.4) is 0 Å². The maximum Gasteiger partial charge on any atom is 0.294 e. The molecule has 3 heterocycles. The van der Waals surface area contributed by atoms with Gasteiger partial charge in [0.1, 0.15) is 11.5 Å². The number of nitrogens with two attached hydrogens (primary N) is 1. The number of piperidine rings is 1. The number of carbonyl (C=O) groups is 1. The molecule has 0 radical (unpaired) electrons. The van der Waals surface area contributed by atoms with Gasteiger partial charge in [0.25, 0.3) is 5.91 Å². The summed E-state index contributed by atoms with van der Waals surface area (Å²) in [4.78, 5) is 15.9. The molecular weight excluding hydrogens is 525 g/mol. The Bertz CT molecular complexity index is 1670. The normalized spacial score (nSPS) is 13.8. The first-order chi connectivity index (χ1) is 20.1. The summed E-state index contributed by atoms with van der Waals surface area (Å²) in [7, 11) is 0. The summed E-state index contributed by atoms with van der Waals surface area (Å²) in [5, 5.41) is 20.1. The number of nitrogens with one attached hydrogen (secondary N) is 1. The fraction of sp³-hybridized carbons (Fsp3) is 0.172. The van der Waals surface area contributed by atoms with Crippen LogP contribution in [-0.2, 0) is 0 Å². The lowest BCUT2D eigenvalue weighted by Gasteiger charge is -2.28. The van der Waals surface area contributed by atoms with Crippen LogP contribution in [0, 0.1) is 5.82 Å². The van der Waals surface area contributed by atoms with Crippen LogP contribution < -0.4 is 16.1 Å². The zero-order valence-electron chi connectivity index (χ0n) is 21.9. The number of hydrogen-bond donors (Lipinski definition) is 2. The molecule has 5 aromatic rings. The summed E-state index contributed by atoms with van der Waals surface area (Å²) >= 11 is 0. The number of anilines is 2. The van der Waals surface area contributed by atoms with Crippen molar-refractivity contribution in [1.29, 1.82) is 0 Å². The molecule has 1 saturated heterocycles. The first kappa shape index (κ1) is 25.9. The third-order valence-corrected chi connectivity index (χ3v) is 6.88. The smallest absolute Gasteiger partial charge is 0.294 e. The van der Waals surface area contributed by atoms with Crippen LogP contribution in [0.2, 0.25) is 0 Å². The summed E-state index contributed by atoms with van der Waals surface area (Å²) in [5.41, 5.74) is 12.4. The highest BCUT2D eigenvalue weighted by atomic mass is 19.1. The number of nitrogen functional groups attached to an aromatic ring is 1. The van der Waals surface area contributed by atoms with Crippen LogP contribution in [0.4, 0.5) is 15.9 Å². The van der Waals surface area contributed by atoms with Crippen LogP contribution in [0.5, 0.6) is 0 Å². The van der Waals surface area contributed by atoms with Gasteiger partial charge in [-0.25, -0.2) is 14.4 Å². The minimum atomic E-state index is -0.616. The van der Waals surface area contributed by atoms with E-state index < -0.39 is 5.91 Å². The van der Waals surface area contributed by atoms with Gasteiger partial charge in [0.05, 0.1) is 5.71 Å². The molecule has 0 unspecified atom stereocenters. The third kappa shape index (κ3) is 5.39. The first-order valence-corrected chi connectivity index (χ1v) is 13.2. The number of amides is 1. The van der Waals surface area contributed by atoms with Gasteiger partial charge < -0.3 is 10.6 Å². The van der Waals surface area contributed by atoms with E-state index in [-0.39, 0.29) is 23.1 Å². The molecule has 1 fully saturated rings. The van der Waals surface area contributed by atoms with E-state index >= 15 is 0 Å². The highest BCUT2D eigenvalue weighted by molar-refractivity contribution is 6.13. The molecule has 0 spiro atoms. The minimum Gasteiger partial charge on any atom is -0.378 e. The van der Waals surface area contributed by atoms with Crippen molar-refractivity contribution in [2.75, 3.05) is 23.7 Å². The number of rotatable bonds is 7. The average molecular weight is 552 g/mol. The fourth-order valence-electron chi connectivity index (χ4n) is 4.82. The molecule has 206 valence electrons. The number of hydrogen-bond acceptors (Lipinski definition) is 9. The van der Waals surface area contributed by atoms with Crippen LogP contribution >= 0.6 is 0 Å². The van der Waals surface area contributed by atoms with Crippen LogP contribution in [-0.4, -0.2) is 50.0 Å². The number of hydrazone groups is 1. The standard InChI is InChI=1S/C29H26FN9O2/c30-22-13-9-19(10-14-22)24(20-11-15-23(16-12-20)38-17-5-2-6-18-38)32-34-29(40)25-26(21-7-3-1-4-8-21)39(37-33-25)28-27(31)35-41-36-28/h1,3-4,7-16H,2,5-6,17-18H2,(H2,31,35)(H,34,40)/b32-24+. The van der Waals surface area contributed by atoms with E-state index in [1.807, 2.05) is 42.5 Å². The Hall–Kier alpha value is -5.39. The molecule has 3 aromatic carbocycles. The average Bonchev–Trinajstić information content (AvgIpc) is 3.65. The number of benzene rings is 3. The molecule has 11 nitrogen and oxygen atoms in total. The summed E-state index contributed by atoms with van der Waals surface area (Å²) in [6.45, 7) is 2.05. The fourth-order valence-corrected chi connectivity index (χ4v) is 4.82. The second kappa shape index (κ2) is 11.4. The Morgan fingerprint density at radius 2 is 1.59 bits per heavy atom. The summed E-state index contributed by atoms with van der Waals surface area (Å²) in [6, 6.07) is 23.0. The van der Waals surface area contributed by atoms with E-state index in [0.717, 1.165) is 24.3 Å². The van der Waals surface area contributed by atoms with E-state index in [2.05, 4.69) is 36.1 Å². The number of nitrogens with zero attached hydrogens (tertiary/aromatic N) is 7. The Morgan fingerprint density at radius 3 is 2.24 bits per heavy atom. The molecule has 41 heavy (non-hydrogen) atoms. The second-order valence-electron chi connectivity index (χ2n) is 9.54. The maximum atomic E-state index is 13.7. The third-order valence-electron chi connectivity index (χ3n) is 6.88. The van der Waals surface area contributed by atoms with E-state index in [1.165, 1.54) is 36.1 Å². The van der Waals surface area contributed by atoms with Gasteiger partial charge in [0.2, 0.25) is 11.6 Å². The van der Waals surface area contributed by atoms with Gasteiger partial charge >= 0.3 is 0 Å². The van der Waals surface area contributed by atoms with Gasteiger partial charge in [-0.15, -0.1) is 5.10 Å². The second-order valence-corrected chi connectivity index (χ2v) is 9.54. The van der Waals surface area contributed by atoms with Crippen molar-refractivity contribution >= 4 is 23.1 Å². The number of carbonyl (C=O) groups excluding carboxylic acids is 1. The molecule has 3 N–H and O–H groups in total. The lowest BCUT2D eigenvalue weighted by molar-refractivity contribution is 0.0950. The Kier molecular flexibility index (Phi) is 7.18. The molecule has 0 saturated carbocycles. The van der Waals surface area contributed by atoms with Gasteiger partial charge in [-0.3, -0.25) is 4.79 Å². The largest absolute Gasteiger partial charge is 0.378 e. The van der Waals surface area contributed by atoms with E-state index in [9.17, 15) is 9.18 Å². The molecule has 0 atom stereocenters. The molecule has 1 amide bonds. The maximum absolute atomic E-state index is 13.7. The first-order valence-electron chi connectivity index (χ1n) is 13.2. The summed E-state index contributed by atoms with van der Waals surface area (Å²) in [6.07, 6.45) is 3.59. The lowest BCUT2D eigenvalue weighted by atomic mass is 10.0. The molecule has 0 bridgehead atoms. The van der Waals surface area contributed by atoms with Crippen molar-refractivity contribution in [3.8, 4) is 17.1 Å². The molecular formula is C29H26FN9O2. The van der Waals surface area contributed by atoms with Crippen LogP contribution in [0.15, 0.2) is 88.6 Å². The van der Waals surface area contributed by atoms with E-state index in [0.29, 0.717) is 22.5 Å². The van der Waals surface area contributed by atoms with E-state index in [4.69, 9.17) is 10.4 Å². The molecule has 0 aliphatic carbocycles. The van der Waals surface area contributed by atoms with Gasteiger partial charge in [0.15, 0.2) is 5.69 Å². The molecule has 6 rings (SSSR count). The number of halogens is 1. The molecule has 1 aliphatic heterocycles. The van der Waals surface area contributed by atoms with E-state index in [1.54, 1.807) is 24.3 Å². The van der Waals surface area contributed by atoms with Gasteiger partial charge in [-0.1, -0.05) is 47.7 Å². The van der Waals surface area contributed by atoms with Gasteiger partial charge in [-0.05, 0) is 66.0 Å². The zero-order chi connectivity index (χ0) is 28.2. The zero-order valence-corrected chi connectivity index (χ0v) is 21.9.